The van der Waals surface area contributed by atoms with E-state index in [4.69, 9.17) is 23.2 Å². The van der Waals surface area contributed by atoms with E-state index in [1.807, 2.05) is 0 Å². The first-order valence-corrected chi connectivity index (χ1v) is 7.20. The molecular weight excluding hydrogens is 303 g/mol. The number of alkyl halides is 1. The fourth-order valence-corrected chi connectivity index (χ4v) is 2.98. The summed E-state index contributed by atoms with van der Waals surface area (Å²) in [7, 11) is 0. The number of hydrogen-bond donors (Lipinski definition) is 1. The minimum Gasteiger partial charge on any atom is -0.348 e. The summed E-state index contributed by atoms with van der Waals surface area (Å²) < 4.78 is 0. The molecule has 0 saturated heterocycles. The molecule has 20 heavy (non-hydrogen) atoms. The second-order valence-corrected chi connectivity index (χ2v) is 5.74. The largest absolute Gasteiger partial charge is 0.348 e. The molecule has 1 N–H and O–H groups in total. The second-order valence-electron chi connectivity index (χ2n) is 4.77. The van der Waals surface area contributed by atoms with E-state index in [1.165, 1.54) is 18.2 Å². The Balaban J connectivity index is 2.23. The lowest BCUT2D eigenvalue weighted by Crippen LogP contribution is -2.43. The molecule has 0 spiro atoms. The summed E-state index contributed by atoms with van der Waals surface area (Å²) in [6.45, 7) is 0. The number of halogens is 2. The van der Waals surface area contributed by atoms with E-state index in [-0.39, 0.29) is 27.7 Å². The van der Waals surface area contributed by atoms with E-state index >= 15 is 0 Å². The molecule has 1 aliphatic rings. The molecule has 0 aromatic heterocycles. The van der Waals surface area contributed by atoms with Crippen molar-refractivity contribution in [3.05, 3.63) is 38.9 Å². The van der Waals surface area contributed by atoms with Crippen molar-refractivity contribution in [2.24, 2.45) is 0 Å². The summed E-state index contributed by atoms with van der Waals surface area (Å²) in [5.41, 5.74) is -0.398. The Kier molecular flexibility index (Phi) is 4.83. The number of nitro groups is 1. The van der Waals surface area contributed by atoms with Gasteiger partial charge in [0.15, 0.2) is 0 Å². The maximum atomic E-state index is 12.2. The fourth-order valence-electron chi connectivity index (χ4n) is 2.38. The van der Waals surface area contributed by atoms with E-state index in [9.17, 15) is 14.9 Å². The Morgan fingerprint density at radius 1 is 1.35 bits per heavy atom. The Morgan fingerprint density at radius 2 is 2.05 bits per heavy atom. The van der Waals surface area contributed by atoms with Gasteiger partial charge in [0.1, 0.15) is 5.56 Å². The van der Waals surface area contributed by atoms with Gasteiger partial charge in [0.25, 0.3) is 11.6 Å². The number of benzene rings is 1. The van der Waals surface area contributed by atoms with Crippen LogP contribution in [0.1, 0.15) is 36.0 Å². The van der Waals surface area contributed by atoms with Gasteiger partial charge in [-0.3, -0.25) is 14.9 Å². The van der Waals surface area contributed by atoms with Gasteiger partial charge in [-0.05, 0) is 18.9 Å². The van der Waals surface area contributed by atoms with E-state index < -0.39 is 10.8 Å². The minimum atomic E-state index is -0.611. The number of carbonyl (C=O) groups excluding carboxylic acids is 1. The van der Waals surface area contributed by atoms with E-state index in [2.05, 4.69) is 5.32 Å². The molecule has 0 heterocycles. The van der Waals surface area contributed by atoms with Crippen molar-refractivity contribution >= 4 is 34.8 Å². The first-order chi connectivity index (χ1) is 9.50. The summed E-state index contributed by atoms with van der Waals surface area (Å²) in [6.07, 6.45) is 3.63. The van der Waals surface area contributed by atoms with Gasteiger partial charge >= 0.3 is 0 Å². The number of nitro benzene ring substituents is 1. The minimum absolute atomic E-state index is 0.0682. The van der Waals surface area contributed by atoms with Gasteiger partial charge in [-0.15, -0.1) is 11.6 Å². The normalized spacial score (nSPS) is 22.3. The van der Waals surface area contributed by atoms with Crippen molar-refractivity contribution in [2.45, 2.75) is 37.1 Å². The molecule has 0 bridgehead atoms. The Morgan fingerprint density at radius 3 is 2.70 bits per heavy atom. The quantitative estimate of drug-likeness (QED) is 0.526. The van der Waals surface area contributed by atoms with Gasteiger partial charge in [0.2, 0.25) is 0 Å². The lowest BCUT2D eigenvalue weighted by atomic mass is 9.94. The van der Waals surface area contributed by atoms with Gasteiger partial charge in [-0.1, -0.05) is 30.5 Å². The molecule has 5 nitrogen and oxygen atoms in total. The molecule has 1 aromatic carbocycles. The number of hydrogen-bond acceptors (Lipinski definition) is 3. The van der Waals surface area contributed by atoms with E-state index in [0.717, 1.165) is 25.7 Å². The smallest absolute Gasteiger partial charge is 0.283 e. The maximum absolute atomic E-state index is 12.2. The summed E-state index contributed by atoms with van der Waals surface area (Å²) in [4.78, 5) is 22.6. The van der Waals surface area contributed by atoms with E-state index in [1.54, 1.807) is 0 Å². The highest BCUT2D eigenvalue weighted by Gasteiger charge is 2.29. The zero-order chi connectivity index (χ0) is 14.7. The van der Waals surface area contributed by atoms with Crippen LogP contribution >= 0.6 is 23.2 Å². The summed E-state index contributed by atoms with van der Waals surface area (Å²) >= 11 is 12.1. The van der Waals surface area contributed by atoms with Crippen LogP contribution in [0, 0.1) is 10.1 Å². The topological polar surface area (TPSA) is 72.2 Å². The molecule has 1 aromatic rings. The van der Waals surface area contributed by atoms with Crippen LogP contribution in [0.3, 0.4) is 0 Å². The third-order valence-electron chi connectivity index (χ3n) is 3.41. The lowest BCUT2D eigenvalue weighted by molar-refractivity contribution is -0.385. The second kappa shape index (κ2) is 6.41. The standard InChI is InChI=1S/C13H14Cl2N2O3/c14-8-4-1-2-6-10(8)16-13(18)12-9(15)5-3-7-11(12)17(19)20/h3,5,7-8,10H,1-2,4,6H2,(H,16,18). The van der Waals surface area contributed by atoms with Crippen molar-refractivity contribution in [3.63, 3.8) is 0 Å². The van der Waals surface area contributed by atoms with Crippen LogP contribution in [0.5, 0.6) is 0 Å². The highest BCUT2D eigenvalue weighted by molar-refractivity contribution is 6.34. The number of carbonyl (C=O) groups is 1. The van der Waals surface area contributed by atoms with Crippen LogP contribution in [0.4, 0.5) is 5.69 Å². The molecular formula is C13H14Cl2N2O3. The number of nitrogens with one attached hydrogen (secondary N) is 1. The van der Waals surface area contributed by atoms with Gasteiger partial charge < -0.3 is 5.32 Å². The monoisotopic (exact) mass is 316 g/mol. The first kappa shape index (κ1) is 15.1. The summed E-state index contributed by atoms with van der Waals surface area (Å²) in [6, 6.07) is 4.00. The third kappa shape index (κ3) is 3.22. The molecule has 2 atom stereocenters. The van der Waals surface area contributed by atoms with Gasteiger partial charge in [-0.2, -0.15) is 0 Å². The average Bonchev–Trinajstić information content (AvgIpc) is 2.40. The highest BCUT2D eigenvalue weighted by atomic mass is 35.5. The van der Waals surface area contributed by atoms with Gasteiger partial charge in [0, 0.05) is 12.1 Å². The Hall–Kier alpha value is -1.33. The van der Waals surface area contributed by atoms with Crippen molar-refractivity contribution < 1.29 is 9.72 Å². The molecule has 108 valence electrons. The number of amides is 1. The van der Waals surface area contributed by atoms with Crippen molar-refractivity contribution in [1.29, 1.82) is 0 Å². The zero-order valence-corrected chi connectivity index (χ0v) is 12.2. The SMILES string of the molecule is O=C(NC1CCCCC1Cl)c1c(Cl)cccc1[N+](=O)[O-]. The maximum Gasteiger partial charge on any atom is 0.283 e. The molecule has 2 unspecified atom stereocenters. The summed E-state index contributed by atoms with van der Waals surface area (Å²) in [5.74, 6) is -0.542. The van der Waals surface area contributed by atoms with Crippen LogP contribution < -0.4 is 5.32 Å². The fraction of sp³-hybridized carbons (Fsp3) is 0.462. The number of nitrogens with zero attached hydrogens (tertiary/aromatic N) is 1. The molecule has 2 rings (SSSR count). The van der Waals surface area contributed by atoms with Gasteiger partial charge in [0.05, 0.1) is 15.3 Å². The molecule has 1 saturated carbocycles. The number of rotatable bonds is 3. The molecule has 0 aliphatic heterocycles. The molecule has 1 amide bonds. The summed E-state index contributed by atoms with van der Waals surface area (Å²) in [5, 5.41) is 13.7. The molecule has 7 heteroatoms. The van der Waals surface area contributed by atoms with Crippen molar-refractivity contribution in [3.8, 4) is 0 Å². The Labute approximate surface area is 126 Å². The van der Waals surface area contributed by atoms with Crippen LogP contribution in [0.15, 0.2) is 18.2 Å². The average molecular weight is 317 g/mol. The predicted octanol–water partition coefficient (Wildman–Crippen LogP) is 3.53. The highest BCUT2D eigenvalue weighted by Crippen LogP contribution is 2.28. The Bertz CT molecular complexity index is 536. The van der Waals surface area contributed by atoms with Gasteiger partial charge in [-0.25, -0.2) is 0 Å². The van der Waals surface area contributed by atoms with Crippen LogP contribution in [0.25, 0.3) is 0 Å². The predicted molar refractivity (Wildman–Crippen MR) is 77.5 cm³/mol. The van der Waals surface area contributed by atoms with E-state index in [0.29, 0.717) is 0 Å². The first-order valence-electron chi connectivity index (χ1n) is 6.38. The van der Waals surface area contributed by atoms with Crippen molar-refractivity contribution in [2.75, 3.05) is 0 Å². The lowest BCUT2D eigenvalue weighted by Gasteiger charge is -2.27. The van der Waals surface area contributed by atoms with Crippen LogP contribution in [-0.4, -0.2) is 22.2 Å². The van der Waals surface area contributed by atoms with Crippen LogP contribution in [0.2, 0.25) is 5.02 Å². The molecule has 1 aliphatic carbocycles. The van der Waals surface area contributed by atoms with Crippen LogP contribution in [-0.2, 0) is 0 Å². The third-order valence-corrected chi connectivity index (χ3v) is 4.25. The molecule has 1 fully saturated rings. The molecule has 0 radical (unpaired) electrons. The van der Waals surface area contributed by atoms with Crippen molar-refractivity contribution in [1.82, 2.24) is 5.32 Å². The zero-order valence-electron chi connectivity index (χ0n) is 10.6.